The fourth-order valence-corrected chi connectivity index (χ4v) is 3.45. The molecule has 0 aliphatic heterocycles. The van der Waals surface area contributed by atoms with E-state index in [9.17, 15) is 0 Å². The zero-order chi connectivity index (χ0) is 12.4. The van der Waals surface area contributed by atoms with Crippen LogP contribution >= 0.6 is 15.9 Å². The Kier molecular flexibility index (Phi) is 4.26. The van der Waals surface area contributed by atoms with Gasteiger partial charge in [-0.05, 0) is 47.0 Å². The molecule has 2 N–H and O–H groups in total. The molecule has 1 saturated carbocycles. The molecule has 3 nitrogen and oxygen atoms in total. The summed E-state index contributed by atoms with van der Waals surface area (Å²) in [5.74, 6) is 1.45. The maximum atomic E-state index is 6.45. The van der Waals surface area contributed by atoms with Gasteiger partial charge < -0.3 is 5.73 Å². The number of hydrogen-bond donors (Lipinski definition) is 1. The molecule has 1 heterocycles. The van der Waals surface area contributed by atoms with Crippen molar-refractivity contribution in [3.8, 4) is 0 Å². The Hall–Kier alpha value is -0.350. The number of aromatic nitrogens is 2. The lowest BCUT2D eigenvalue weighted by molar-refractivity contribution is 0.399. The molecule has 0 radical (unpaired) electrons. The van der Waals surface area contributed by atoms with Crippen LogP contribution in [0.2, 0.25) is 0 Å². The summed E-state index contributed by atoms with van der Waals surface area (Å²) in [4.78, 5) is 0. The van der Waals surface area contributed by atoms with Crippen LogP contribution < -0.4 is 5.73 Å². The highest BCUT2D eigenvalue weighted by Crippen LogP contribution is 2.39. The first kappa shape index (κ1) is 13.1. The zero-order valence-electron chi connectivity index (χ0n) is 10.7. The summed E-state index contributed by atoms with van der Waals surface area (Å²) in [7, 11) is 0. The summed E-state index contributed by atoms with van der Waals surface area (Å²) >= 11 is 3.59. The topological polar surface area (TPSA) is 43.8 Å². The summed E-state index contributed by atoms with van der Waals surface area (Å²) < 4.78 is 3.13. The van der Waals surface area contributed by atoms with Gasteiger partial charge in [0.05, 0.1) is 22.4 Å². The minimum absolute atomic E-state index is 0.128. The summed E-state index contributed by atoms with van der Waals surface area (Å²) in [6, 6.07) is 0.128. The SMILES string of the molecule is CCCn1ncc(Br)c1C(N)C1CCC(C)C1. The van der Waals surface area contributed by atoms with Crippen molar-refractivity contribution in [2.75, 3.05) is 0 Å². The molecule has 4 heteroatoms. The maximum Gasteiger partial charge on any atom is 0.0696 e. The van der Waals surface area contributed by atoms with E-state index in [4.69, 9.17) is 5.73 Å². The summed E-state index contributed by atoms with van der Waals surface area (Å²) in [5, 5.41) is 4.41. The second kappa shape index (κ2) is 5.53. The molecule has 1 aliphatic carbocycles. The maximum absolute atomic E-state index is 6.45. The first-order chi connectivity index (χ1) is 8.13. The van der Waals surface area contributed by atoms with Gasteiger partial charge in [-0.2, -0.15) is 5.10 Å². The number of aryl methyl sites for hydroxylation is 1. The lowest BCUT2D eigenvalue weighted by atomic mass is 9.95. The molecular formula is C13H22BrN3. The lowest BCUT2D eigenvalue weighted by Crippen LogP contribution is -2.23. The van der Waals surface area contributed by atoms with Crippen molar-refractivity contribution in [2.45, 2.75) is 52.1 Å². The van der Waals surface area contributed by atoms with Crippen molar-refractivity contribution in [1.29, 1.82) is 0 Å². The van der Waals surface area contributed by atoms with E-state index < -0.39 is 0 Å². The number of hydrogen-bond acceptors (Lipinski definition) is 2. The Morgan fingerprint density at radius 2 is 2.35 bits per heavy atom. The third-order valence-electron chi connectivity index (χ3n) is 3.83. The molecule has 0 bridgehead atoms. The molecule has 1 aromatic heterocycles. The second-order valence-corrected chi connectivity index (χ2v) is 6.16. The van der Waals surface area contributed by atoms with Crippen molar-refractivity contribution in [3.05, 3.63) is 16.4 Å². The van der Waals surface area contributed by atoms with Crippen molar-refractivity contribution < 1.29 is 0 Å². The van der Waals surface area contributed by atoms with E-state index in [1.54, 1.807) is 0 Å². The van der Waals surface area contributed by atoms with Crippen molar-refractivity contribution in [1.82, 2.24) is 9.78 Å². The highest BCUT2D eigenvalue weighted by Gasteiger charge is 2.30. The van der Waals surface area contributed by atoms with Crippen molar-refractivity contribution in [2.24, 2.45) is 17.6 Å². The molecule has 1 fully saturated rings. The van der Waals surface area contributed by atoms with Crippen LogP contribution in [-0.2, 0) is 6.54 Å². The Morgan fingerprint density at radius 1 is 1.59 bits per heavy atom. The van der Waals surface area contributed by atoms with Crippen LogP contribution in [0, 0.1) is 11.8 Å². The second-order valence-electron chi connectivity index (χ2n) is 5.30. The molecular weight excluding hydrogens is 278 g/mol. The molecule has 17 heavy (non-hydrogen) atoms. The van der Waals surface area contributed by atoms with Crippen LogP contribution in [0.4, 0.5) is 0 Å². The Morgan fingerprint density at radius 3 is 2.94 bits per heavy atom. The van der Waals surface area contributed by atoms with E-state index in [0.717, 1.165) is 23.4 Å². The quantitative estimate of drug-likeness (QED) is 0.925. The molecule has 1 aliphatic rings. The number of nitrogens with zero attached hydrogens (tertiary/aromatic N) is 2. The van der Waals surface area contributed by atoms with E-state index in [-0.39, 0.29) is 6.04 Å². The molecule has 3 unspecified atom stereocenters. The van der Waals surface area contributed by atoms with Crippen LogP contribution in [0.1, 0.15) is 51.3 Å². The standard InChI is InChI=1S/C13H22BrN3/c1-3-6-17-13(11(14)8-16-17)12(15)10-5-4-9(2)7-10/h8-10,12H,3-7,15H2,1-2H3. The van der Waals surface area contributed by atoms with Crippen molar-refractivity contribution in [3.63, 3.8) is 0 Å². The molecule has 96 valence electrons. The summed E-state index contributed by atoms with van der Waals surface area (Å²) in [6.45, 7) is 5.45. The minimum atomic E-state index is 0.128. The summed E-state index contributed by atoms with van der Waals surface area (Å²) in [5.41, 5.74) is 7.63. The largest absolute Gasteiger partial charge is 0.322 e. The normalized spacial score (nSPS) is 26.4. The Labute approximate surface area is 112 Å². The first-order valence-electron chi connectivity index (χ1n) is 6.60. The molecule has 1 aromatic rings. The average Bonchev–Trinajstić information content (AvgIpc) is 2.86. The van der Waals surface area contributed by atoms with E-state index in [1.807, 2.05) is 6.20 Å². The van der Waals surface area contributed by atoms with Gasteiger partial charge >= 0.3 is 0 Å². The van der Waals surface area contributed by atoms with Gasteiger partial charge in [-0.1, -0.05) is 20.3 Å². The van der Waals surface area contributed by atoms with Gasteiger partial charge in [-0.25, -0.2) is 0 Å². The Bertz CT molecular complexity index is 375. The van der Waals surface area contributed by atoms with Crippen molar-refractivity contribution >= 4 is 15.9 Å². The lowest BCUT2D eigenvalue weighted by Gasteiger charge is -2.21. The van der Waals surface area contributed by atoms with Crippen LogP contribution in [0.25, 0.3) is 0 Å². The van der Waals surface area contributed by atoms with Gasteiger partial charge in [0.25, 0.3) is 0 Å². The monoisotopic (exact) mass is 299 g/mol. The van der Waals surface area contributed by atoms with Gasteiger partial charge in [0, 0.05) is 6.54 Å². The fourth-order valence-electron chi connectivity index (χ4n) is 2.89. The van der Waals surface area contributed by atoms with Crippen LogP contribution in [0.15, 0.2) is 10.7 Å². The van der Waals surface area contributed by atoms with Gasteiger partial charge in [0.15, 0.2) is 0 Å². The molecule has 0 saturated heterocycles. The summed E-state index contributed by atoms with van der Waals surface area (Å²) in [6.07, 6.45) is 6.80. The smallest absolute Gasteiger partial charge is 0.0696 e. The molecule has 2 rings (SSSR count). The Balaban J connectivity index is 2.17. The van der Waals surface area contributed by atoms with Gasteiger partial charge in [0.2, 0.25) is 0 Å². The van der Waals surface area contributed by atoms with Crippen LogP contribution in [0.5, 0.6) is 0 Å². The van der Waals surface area contributed by atoms with Crippen LogP contribution in [0.3, 0.4) is 0 Å². The predicted molar refractivity (Wildman–Crippen MR) is 73.7 cm³/mol. The highest BCUT2D eigenvalue weighted by atomic mass is 79.9. The van der Waals surface area contributed by atoms with E-state index in [0.29, 0.717) is 5.92 Å². The van der Waals surface area contributed by atoms with Gasteiger partial charge in [-0.15, -0.1) is 0 Å². The van der Waals surface area contributed by atoms with Gasteiger partial charge in [0.1, 0.15) is 0 Å². The van der Waals surface area contributed by atoms with Crippen LogP contribution in [-0.4, -0.2) is 9.78 Å². The van der Waals surface area contributed by atoms with E-state index in [2.05, 4.69) is 39.6 Å². The third kappa shape index (κ3) is 2.74. The third-order valence-corrected chi connectivity index (χ3v) is 4.44. The average molecular weight is 300 g/mol. The molecule has 0 amide bonds. The van der Waals surface area contributed by atoms with Gasteiger partial charge in [-0.3, -0.25) is 4.68 Å². The van der Waals surface area contributed by atoms with E-state index in [1.165, 1.54) is 25.0 Å². The minimum Gasteiger partial charge on any atom is -0.322 e. The predicted octanol–water partition coefficient (Wildman–Crippen LogP) is 3.49. The molecule has 0 aromatic carbocycles. The molecule has 0 spiro atoms. The highest BCUT2D eigenvalue weighted by molar-refractivity contribution is 9.10. The zero-order valence-corrected chi connectivity index (χ0v) is 12.3. The van der Waals surface area contributed by atoms with E-state index >= 15 is 0 Å². The number of halogens is 1. The first-order valence-corrected chi connectivity index (χ1v) is 7.39. The number of nitrogens with two attached hydrogens (primary N) is 1. The molecule has 3 atom stereocenters. The fraction of sp³-hybridized carbons (Fsp3) is 0.769. The number of rotatable bonds is 4.